The lowest BCUT2D eigenvalue weighted by Crippen LogP contribution is -2.64. The molecule has 6 rings (SSSR count). The number of carbonyl (C=O) groups is 3. The number of aromatic nitrogens is 1. The van der Waals surface area contributed by atoms with E-state index >= 15 is 0 Å². The molecule has 0 aromatic carbocycles. The fourth-order valence-corrected chi connectivity index (χ4v) is 11.8. The summed E-state index contributed by atoms with van der Waals surface area (Å²) in [7, 11) is 0. The van der Waals surface area contributed by atoms with E-state index in [2.05, 4.69) is 40.7 Å². The van der Waals surface area contributed by atoms with E-state index in [1.165, 1.54) is 71.3 Å². The first-order chi connectivity index (χ1) is 25.2. The minimum atomic E-state index is -1.12. The van der Waals surface area contributed by atoms with Crippen molar-refractivity contribution >= 4 is 17.9 Å². The van der Waals surface area contributed by atoms with Gasteiger partial charge >= 0.3 is 17.9 Å². The number of rotatable bonds is 12. The van der Waals surface area contributed by atoms with E-state index in [1.54, 1.807) is 0 Å². The summed E-state index contributed by atoms with van der Waals surface area (Å²) in [6, 6.07) is 5.72. The lowest BCUT2D eigenvalue weighted by atomic mass is 9.47. The predicted octanol–water partition coefficient (Wildman–Crippen LogP) is 7.92. The summed E-state index contributed by atoms with van der Waals surface area (Å²) in [5, 5.41) is 0. The van der Waals surface area contributed by atoms with Gasteiger partial charge in [0.15, 0.2) is 49.6 Å². The van der Waals surface area contributed by atoms with Gasteiger partial charge in [0.1, 0.15) is 0 Å². The molecule has 4 fully saturated rings. The van der Waals surface area contributed by atoms with Crippen molar-refractivity contribution in [2.75, 3.05) is 0 Å². The Morgan fingerprint density at radius 3 is 2.19 bits per heavy atom. The highest BCUT2D eigenvalue weighted by molar-refractivity contribution is 5.68. The van der Waals surface area contributed by atoms with Crippen LogP contribution in [0.4, 0.5) is 0 Å². The maximum atomic E-state index is 12.5. The van der Waals surface area contributed by atoms with Crippen LogP contribution in [0.2, 0.25) is 0 Å². The third kappa shape index (κ3) is 8.56. The van der Waals surface area contributed by atoms with Crippen molar-refractivity contribution < 1.29 is 42.6 Å². The molecule has 13 atom stereocenters. The highest BCUT2D eigenvalue weighted by Crippen LogP contribution is 2.67. The van der Waals surface area contributed by atoms with Gasteiger partial charge in [-0.05, 0) is 97.7 Å². The van der Waals surface area contributed by atoms with E-state index in [9.17, 15) is 14.4 Å². The Morgan fingerprint density at radius 1 is 0.830 bits per heavy atom. The van der Waals surface area contributed by atoms with Gasteiger partial charge in [0.25, 0.3) is 0 Å². The SMILES string of the molecule is CC(=O)O[C@@H]1[C@@H](OC(C)=O)[C@H](O[C@H]2CC[C@@]3(C)C(=CC[C@H]4[C@@H]5CC[C@H]([C@H](C)CCCC(C)C)[C@@]5(C)CC[C@@H]43)C2)O[C@H](C[n+]2ccccc2)[C@H]1OC(C)=O. The smallest absolute Gasteiger partial charge is 0.303 e. The highest BCUT2D eigenvalue weighted by atomic mass is 16.7. The molecule has 0 radical (unpaired) electrons. The van der Waals surface area contributed by atoms with Gasteiger partial charge in [-0.25, -0.2) is 4.57 Å². The second kappa shape index (κ2) is 16.5. The molecule has 294 valence electrons. The molecule has 9 heteroatoms. The lowest BCUT2D eigenvalue weighted by molar-refractivity contribution is -0.707. The second-order valence-corrected chi connectivity index (χ2v) is 18.1. The summed E-state index contributed by atoms with van der Waals surface area (Å²) in [6.45, 7) is 16.6. The van der Waals surface area contributed by atoms with E-state index in [4.69, 9.17) is 23.7 Å². The molecule has 5 aliphatic rings. The summed E-state index contributed by atoms with van der Waals surface area (Å²) < 4.78 is 32.6. The summed E-state index contributed by atoms with van der Waals surface area (Å²) in [6.07, 6.45) is 14.4. The molecule has 1 aromatic rings. The molecule has 0 bridgehead atoms. The molecular formula is C44H66NO8+. The molecule has 53 heavy (non-hydrogen) atoms. The number of nitrogens with zero attached hydrogens (tertiary/aromatic N) is 1. The predicted molar refractivity (Wildman–Crippen MR) is 200 cm³/mol. The summed E-state index contributed by atoms with van der Waals surface area (Å²) in [5.41, 5.74) is 2.07. The van der Waals surface area contributed by atoms with Crippen molar-refractivity contribution in [2.45, 2.75) is 169 Å². The van der Waals surface area contributed by atoms with Crippen LogP contribution in [0.25, 0.3) is 0 Å². The van der Waals surface area contributed by atoms with Gasteiger partial charge in [-0.2, -0.15) is 0 Å². The Hall–Kier alpha value is -2.78. The van der Waals surface area contributed by atoms with Gasteiger partial charge < -0.3 is 23.7 Å². The molecule has 1 saturated heterocycles. The van der Waals surface area contributed by atoms with Crippen molar-refractivity contribution in [3.63, 3.8) is 0 Å². The van der Waals surface area contributed by atoms with Crippen molar-refractivity contribution in [2.24, 2.45) is 46.3 Å². The Labute approximate surface area is 317 Å². The van der Waals surface area contributed by atoms with Gasteiger partial charge in [-0.15, -0.1) is 0 Å². The van der Waals surface area contributed by atoms with E-state index in [0.29, 0.717) is 17.9 Å². The van der Waals surface area contributed by atoms with Gasteiger partial charge in [0.05, 0.1) is 6.10 Å². The van der Waals surface area contributed by atoms with Crippen molar-refractivity contribution in [3.05, 3.63) is 42.2 Å². The quantitative estimate of drug-likeness (QED) is 0.0924. The number of allylic oxidation sites excluding steroid dienone is 1. The van der Waals surface area contributed by atoms with Crippen molar-refractivity contribution in [3.8, 4) is 0 Å². The van der Waals surface area contributed by atoms with Gasteiger partial charge in [0.2, 0.25) is 0 Å². The zero-order chi connectivity index (χ0) is 38.1. The Balaban J connectivity index is 1.19. The van der Waals surface area contributed by atoms with E-state index in [1.807, 2.05) is 35.2 Å². The standard InChI is InChI=1S/C44H66NO8/c1-27(2)13-12-14-28(3)35-17-18-36-34-16-15-32-25-33(19-21-43(32,7)37(34)20-22-44(35,36)8)52-42-41(51-31(6)48)40(50-30(5)47)39(49-29(4)46)38(53-42)26-45-23-10-9-11-24-45/h9-11,15,23-24,27-28,33-42H,12-14,16-22,25-26H2,1-8H3/q+1/t28-,33+,34+,35-,36+,37+,38-,39-,40+,41-,42-,43+,44-/m1/s1. The Morgan fingerprint density at radius 2 is 1.51 bits per heavy atom. The maximum Gasteiger partial charge on any atom is 0.303 e. The molecule has 9 nitrogen and oxygen atoms in total. The van der Waals surface area contributed by atoms with Crippen LogP contribution in [0.3, 0.4) is 0 Å². The molecule has 0 spiro atoms. The van der Waals surface area contributed by atoms with Gasteiger partial charge in [-0.3, -0.25) is 14.4 Å². The largest absolute Gasteiger partial charge is 0.455 e. The van der Waals surface area contributed by atoms with Gasteiger partial charge in [-0.1, -0.05) is 71.6 Å². The van der Waals surface area contributed by atoms with Crippen LogP contribution >= 0.6 is 0 Å². The molecule has 2 heterocycles. The highest BCUT2D eigenvalue weighted by Gasteiger charge is 2.60. The number of hydrogen-bond acceptors (Lipinski definition) is 8. The molecule has 0 unspecified atom stereocenters. The maximum absolute atomic E-state index is 12.5. The van der Waals surface area contributed by atoms with Crippen LogP contribution in [0, 0.1) is 46.3 Å². The number of hydrogen-bond donors (Lipinski definition) is 0. The summed E-state index contributed by atoms with van der Waals surface area (Å²) in [5.74, 6) is 2.93. The molecule has 4 aliphatic carbocycles. The second-order valence-electron chi connectivity index (χ2n) is 18.1. The normalized spacial score (nSPS) is 38.5. The third-order valence-corrected chi connectivity index (χ3v) is 14.3. The van der Waals surface area contributed by atoms with E-state index in [-0.39, 0.29) is 11.5 Å². The van der Waals surface area contributed by atoms with E-state index < -0.39 is 48.6 Å². The molecule has 1 aromatic heterocycles. The molecule has 0 N–H and O–H groups in total. The first kappa shape index (κ1) is 39.9. The minimum absolute atomic E-state index is 0.140. The van der Waals surface area contributed by atoms with Crippen LogP contribution in [0.15, 0.2) is 42.2 Å². The van der Waals surface area contributed by atoms with Crippen LogP contribution in [0.1, 0.15) is 126 Å². The van der Waals surface area contributed by atoms with Crippen LogP contribution in [-0.2, 0) is 44.6 Å². The van der Waals surface area contributed by atoms with Gasteiger partial charge in [0, 0.05) is 32.9 Å². The number of pyridine rings is 1. The average Bonchev–Trinajstić information content (AvgIpc) is 3.45. The molecule has 0 amide bonds. The first-order valence-electron chi connectivity index (χ1n) is 20.7. The number of esters is 3. The fraction of sp³-hybridized carbons (Fsp3) is 0.773. The number of carbonyl (C=O) groups excluding carboxylic acids is 3. The zero-order valence-corrected chi connectivity index (χ0v) is 33.6. The average molecular weight is 737 g/mol. The third-order valence-electron chi connectivity index (χ3n) is 14.3. The van der Waals surface area contributed by atoms with Crippen molar-refractivity contribution in [1.82, 2.24) is 0 Å². The number of ether oxygens (including phenoxy) is 5. The van der Waals surface area contributed by atoms with Crippen LogP contribution in [-0.4, -0.2) is 54.7 Å². The van der Waals surface area contributed by atoms with Crippen LogP contribution < -0.4 is 4.57 Å². The summed E-state index contributed by atoms with van der Waals surface area (Å²) >= 11 is 0. The topological polar surface area (TPSA) is 101 Å². The minimum Gasteiger partial charge on any atom is -0.455 e. The first-order valence-corrected chi connectivity index (χ1v) is 20.7. The zero-order valence-electron chi connectivity index (χ0n) is 33.6. The van der Waals surface area contributed by atoms with E-state index in [0.717, 1.165) is 55.3 Å². The van der Waals surface area contributed by atoms with Crippen LogP contribution in [0.5, 0.6) is 0 Å². The lowest BCUT2D eigenvalue weighted by Gasteiger charge is -2.58. The van der Waals surface area contributed by atoms with Crippen molar-refractivity contribution in [1.29, 1.82) is 0 Å². The molecule has 1 aliphatic heterocycles. The molecule has 3 saturated carbocycles. The monoisotopic (exact) mass is 736 g/mol. The Bertz CT molecular complexity index is 1480. The number of fused-ring (bicyclic) bond motifs is 5. The Kier molecular flexibility index (Phi) is 12.4. The summed E-state index contributed by atoms with van der Waals surface area (Å²) in [4.78, 5) is 37.3. The molecular weight excluding hydrogens is 670 g/mol. The fourth-order valence-electron chi connectivity index (χ4n) is 11.8.